The van der Waals surface area contributed by atoms with Crippen molar-refractivity contribution in [1.29, 1.82) is 0 Å². The third kappa shape index (κ3) is 11.1. The van der Waals surface area contributed by atoms with Crippen LogP contribution in [0, 0.1) is 0 Å². The Bertz CT molecular complexity index is 172. The van der Waals surface area contributed by atoms with Crippen molar-refractivity contribution in [2.45, 2.75) is 37.2 Å². The van der Waals surface area contributed by atoms with Crippen LogP contribution in [0.3, 0.4) is 0 Å². The van der Waals surface area contributed by atoms with Crippen molar-refractivity contribution in [3.63, 3.8) is 0 Å². The summed E-state index contributed by atoms with van der Waals surface area (Å²) in [7, 11) is 4.25. The average molecular weight is 262 g/mol. The summed E-state index contributed by atoms with van der Waals surface area (Å²) in [5.74, 6) is 0. The second-order valence-electron chi connectivity index (χ2n) is 5.99. The average Bonchev–Trinajstić information content (AvgIpc) is 1.94. The fraction of sp³-hybridized carbons (Fsp3) is 1.00. The molecule has 0 aromatic rings. The lowest BCUT2D eigenvalue weighted by atomic mass is 10.2. The first-order valence-electron chi connectivity index (χ1n) is 5.77. The van der Waals surface area contributed by atoms with E-state index in [0.29, 0.717) is 0 Å². The van der Waals surface area contributed by atoms with E-state index in [1.165, 1.54) is 0 Å². The van der Waals surface area contributed by atoms with E-state index >= 15 is 0 Å². The van der Waals surface area contributed by atoms with Crippen LogP contribution in [0.25, 0.3) is 0 Å². The fourth-order valence-electron chi connectivity index (χ4n) is 1.80. The van der Waals surface area contributed by atoms with Crippen LogP contribution in [-0.4, -0.2) is 59.6 Å². The zero-order valence-corrected chi connectivity index (χ0v) is 13.2. The second kappa shape index (κ2) is 6.53. The SMILES string of the molecule is CN(CCN(C)CC(C)(C)[S-])CC(C)(C)[S-]. The molecule has 98 valence electrons. The molecule has 0 atom stereocenters. The van der Waals surface area contributed by atoms with E-state index in [9.17, 15) is 0 Å². The van der Waals surface area contributed by atoms with Crippen molar-refractivity contribution in [2.75, 3.05) is 40.3 Å². The third-order valence-electron chi connectivity index (χ3n) is 2.16. The van der Waals surface area contributed by atoms with E-state index in [4.69, 9.17) is 25.3 Å². The lowest BCUT2D eigenvalue weighted by Gasteiger charge is -2.39. The minimum atomic E-state index is -0.0371. The van der Waals surface area contributed by atoms with Gasteiger partial charge in [-0.1, -0.05) is 27.7 Å². The van der Waals surface area contributed by atoms with E-state index in [1.54, 1.807) is 0 Å². The van der Waals surface area contributed by atoms with Gasteiger partial charge in [-0.2, -0.15) is 0 Å². The van der Waals surface area contributed by atoms with Crippen molar-refractivity contribution >= 4 is 25.3 Å². The Hall–Kier alpha value is 0.620. The Morgan fingerprint density at radius 2 is 1.00 bits per heavy atom. The van der Waals surface area contributed by atoms with Crippen LogP contribution in [-0.2, 0) is 25.3 Å². The van der Waals surface area contributed by atoms with Gasteiger partial charge in [0.2, 0.25) is 0 Å². The first kappa shape index (κ1) is 16.6. The number of hydrogen-bond donors (Lipinski definition) is 0. The summed E-state index contributed by atoms with van der Waals surface area (Å²) < 4.78 is -0.0742. The van der Waals surface area contributed by atoms with Gasteiger partial charge < -0.3 is 35.1 Å². The summed E-state index contributed by atoms with van der Waals surface area (Å²) in [6, 6.07) is 0. The second-order valence-corrected chi connectivity index (χ2v) is 8.21. The van der Waals surface area contributed by atoms with Crippen LogP contribution in [0.1, 0.15) is 27.7 Å². The monoisotopic (exact) mass is 262 g/mol. The predicted octanol–water partition coefficient (Wildman–Crippen LogP) is 1.50. The maximum absolute atomic E-state index is 5.36. The molecule has 0 aliphatic carbocycles. The van der Waals surface area contributed by atoms with Crippen molar-refractivity contribution in [3.05, 3.63) is 0 Å². The highest BCUT2D eigenvalue weighted by Gasteiger charge is 2.09. The van der Waals surface area contributed by atoms with E-state index in [-0.39, 0.29) is 9.49 Å². The number of hydrogen-bond acceptors (Lipinski definition) is 4. The molecular formula is C12H26N2S2-2. The van der Waals surface area contributed by atoms with Gasteiger partial charge in [-0.05, 0) is 27.2 Å². The first-order valence-corrected chi connectivity index (χ1v) is 6.59. The van der Waals surface area contributed by atoms with Gasteiger partial charge in [0.05, 0.1) is 0 Å². The Kier molecular flexibility index (Phi) is 6.78. The molecule has 0 N–H and O–H groups in total. The first-order chi connectivity index (χ1) is 6.99. The van der Waals surface area contributed by atoms with Crippen LogP contribution in [0.2, 0.25) is 0 Å². The quantitative estimate of drug-likeness (QED) is 0.641. The van der Waals surface area contributed by atoms with Gasteiger partial charge in [0.15, 0.2) is 0 Å². The third-order valence-corrected chi connectivity index (χ3v) is 2.42. The zero-order valence-electron chi connectivity index (χ0n) is 11.5. The Morgan fingerprint density at radius 1 is 0.750 bits per heavy atom. The molecule has 0 aliphatic heterocycles. The van der Waals surface area contributed by atoms with Gasteiger partial charge in [-0.15, -0.1) is 9.49 Å². The van der Waals surface area contributed by atoms with Crippen LogP contribution in [0.4, 0.5) is 0 Å². The summed E-state index contributed by atoms with van der Waals surface area (Å²) >= 11 is 10.7. The minimum absolute atomic E-state index is 0.0371. The molecule has 2 nitrogen and oxygen atoms in total. The van der Waals surface area contributed by atoms with E-state index < -0.39 is 0 Å². The summed E-state index contributed by atoms with van der Waals surface area (Å²) in [6.07, 6.45) is 0. The molecule has 0 saturated carbocycles. The molecule has 0 spiro atoms. The summed E-state index contributed by atoms with van der Waals surface area (Å²) in [4.78, 5) is 4.58. The van der Waals surface area contributed by atoms with Gasteiger partial charge in [-0.25, -0.2) is 0 Å². The van der Waals surface area contributed by atoms with E-state index in [1.807, 2.05) is 0 Å². The molecule has 0 rings (SSSR count). The topological polar surface area (TPSA) is 6.48 Å². The van der Waals surface area contributed by atoms with Gasteiger partial charge in [0.1, 0.15) is 0 Å². The van der Waals surface area contributed by atoms with Crippen LogP contribution < -0.4 is 0 Å². The highest BCUT2D eigenvalue weighted by atomic mass is 32.1. The van der Waals surface area contributed by atoms with E-state index in [0.717, 1.165) is 26.2 Å². The molecule has 0 saturated heterocycles. The van der Waals surface area contributed by atoms with Crippen molar-refractivity contribution in [1.82, 2.24) is 9.80 Å². The summed E-state index contributed by atoms with van der Waals surface area (Å²) in [6.45, 7) is 12.4. The molecule has 0 unspecified atom stereocenters. The molecule has 0 heterocycles. The van der Waals surface area contributed by atoms with Gasteiger partial charge in [0.25, 0.3) is 0 Å². The maximum Gasteiger partial charge on any atom is 0.0106 e. The molecule has 0 aromatic carbocycles. The minimum Gasteiger partial charge on any atom is -0.785 e. The van der Waals surface area contributed by atoms with Gasteiger partial charge in [0, 0.05) is 13.1 Å². The zero-order chi connectivity index (χ0) is 13.0. The smallest absolute Gasteiger partial charge is 0.0106 e. The van der Waals surface area contributed by atoms with Gasteiger partial charge >= 0.3 is 0 Å². The maximum atomic E-state index is 5.36. The number of rotatable bonds is 7. The Labute approximate surface area is 113 Å². The molecule has 0 aliphatic rings. The Balaban J connectivity index is 3.80. The lowest BCUT2D eigenvalue weighted by Crippen LogP contribution is -2.41. The lowest BCUT2D eigenvalue weighted by molar-refractivity contribution is 0.238. The molecule has 16 heavy (non-hydrogen) atoms. The molecule has 0 aromatic heterocycles. The molecule has 0 amide bonds. The van der Waals surface area contributed by atoms with Crippen molar-refractivity contribution in [2.24, 2.45) is 0 Å². The number of likely N-dealkylation sites (N-methyl/N-ethyl adjacent to an activating group) is 2. The van der Waals surface area contributed by atoms with E-state index in [2.05, 4.69) is 51.6 Å². The van der Waals surface area contributed by atoms with Crippen molar-refractivity contribution in [3.8, 4) is 0 Å². The van der Waals surface area contributed by atoms with Crippen LogP contribution in [0.5, 0.6) is 0 Å². The summed E-state index contributed by atoms with van der Waals surface area (Å²) in [5, 5.41) is 0. The molecular weight excluding hydrogens is 236 g/mol. The fourth-order valence-corrected chi connectivity index (χ4v) is 2.24. The van der Waals surface area contributed by atoms with Crippen LogP contribution in [0.15, 0.2) is 0 Å². The molecule has 0 bridgehead atoms. The van der Waals surface area contributed by atoms with Crippen LogP contribution >= 0.6 is 0 Å². The van der Waals surface area contributed by atoms with Crippen molar-refractivity contribution < 1.29 is 0 Å². The normalized spacial score (nSPS) is 13.9. The highest BCUT2D eigenvalue weighted by Crippen LogP contribution is 2.07. The standard InChI is InChI=1S/C12H28N2S2/c1-11(2,15)9-13(5)7-8-14(6)10-12(3,4)16/h15-16H,7-10H2,1-6H3/p-2. The van der Waals surface area contributed by atoms with Gasteiger partial charge in [-0.3, -0.25) is 0 Å². The largest absolute Gasteiger partial charge is 0.785 e. The summed E-state index contributed by atoms with van der Waals surface area (Å²) in [5.41, 5.74) is 0. The molecule has 0 radical (unpaired) electrons. The molecule has 0 fully saturated rings. The molecule has 4 heteroatoms. The highest BCUT2D eigenvalue weighted by molar-refractivity contribution is 7.60. The Morgan fingerprint density at radius 3 is 1.19 bits per heavy atom. The number of nitrogens with zero attached hydrogens (tertiary/aromatic N) is 2. The predicted molar refractivity (Wildman–Crippen MR) is 77.9 cm³/mol.